The maximum Gasteiger partial charge on any atom is 0.279 e. The second kappa shape index (κ2) is 3.66. The molecular weight excluding hydrogens is 172 g/mol. The second-order valence-electron chi connectivity index (χ2n) is 2.40. The van der Waals surface area contributed by atoms with Crippen LogP contribution < -0.4 is 5.32 Å². The Morgan fingerprint density at radius 1 is 1.69 bits per heavy atom. The molecule has 1 aromatic rings. The minimum Gasteiger partial charge on any atom is -0.326 e. The van der Waals surface area contributed by atoms with Crippen molar-refractivity contribution in [3.8, 4) is 0 Å². The number of hydrogen-bond donors (Lipinski definition) is 1. The minimum absolute atomic E-state index is 0.161. The Morgan fingerprint density at radius 3 is 2.92 bits per heavy atom. The fourth-order valence-corrected chi connectivity index (χ4v) is 0.840. The monoisotopic (exact) mass is 179 g/mol. The molecule has 1 aromatic carbocycles. The predicted octanol–water partition coefficient (Wildman–Crippen LogP) is 1.35. The molecular formula is C8H7N2O3. The molecule has 0 saturated heterocycles. The van der Waals surface area contributed by atoms with Gasteiger partial charge in [-0.15, -0.1) is 0 Å². The van der Waals surface area contributed by atoms with Crippen LogP contribution in [0.2, 0.25) is 0 Å². The van der Waals surface area contributed by atoms with Gasteiger partial charge in [-0.3, -0.25) is 14.9 Å². The van der Waals surface area contributed by atoms with Crippen LogP contribution in [0.5, 0.6) is 0 Å². The number of amides is 1. The number of nitro benzene ring substituents is 1. The van der Waals surface area contributed by atoms with Gasteiger partial charge >= 0.3 is 0 Å². The second-order valence-corrected chi connectivity index (χ2v) is 2.40. The van der Waals surface area contributed by atoms with E-state index in [2.05, 4.69) is 11.4 Å². The van der Waals surface area contributed by atoms with Crippen molar-refractivity contribution < 1.29 is 9.72 Å². The summed E-state index contributed by atoms with van der Waals surface area (Å²) in [4.78, 5) is 20.3. The van der Waals surface area contributed by atoms with Crippen LogP contribution in [0.1, 0.15) is 6.92 Å². The fourth-order valence-electron chi connectivity index (χ4n) is 0.840. The summed E-state index contributed by atoms with van der Waals surface area (Å²) in [7, 11) is 0. The first-order valence-corrected chi connectivity index (χ1v) is 3.53. The van der Waals surface area contributed by atoms with E-state index in [1.165, 1.54) is 25.1 Å². The summed E-state index contributed by atoms with van der Waals surface area (Å²) in [6, 6.07) is 6.61. The summed E-state index contributed by atoms with van der Waals surface area (Å²) < 4.78 is 0. The summed E-state index contributed by atoms with van der Waals surface area (Å²) in [6.45, 7) is 1.34. The van der Waals surface area contributed by atoms with E-state index in [4.69, 9.17) is 0 Å². The molecule has 0 unspecified atom stereocenters. The van der Waals surface area contributed by atoms with E-state index in [0.717, 1.165) is 0 Å². The van der Waals surface area contributed by atoms with Crippen LogP contribution in [0.3, 0.4) is 0 Å². The summed E-state index contributed by atoms with van der Waals surface area (Å²) in [5, 5.41) is 12.7. The smallest absolute Gasteiger partial charge is 0.279 e. The largest absolute Gasteiger partial charge is 0.326 e. The third-order valence-corrected chi connectivity index (χ3v) is 1.30. The Bertz CT molecular complexity index is 349. The van der Waals surface area contributed by atoms with Crippen molar-refractivity contribution in [2.45, 2.75) is 6.92 Å². The average Bonchev–Trinajstić information content (AvgIpc) is 2.03. The van der Waals surface area contributed by atoms with Crippen molar-refractivity contribution in [1.29, 1.82) is 0 Å². The van der Waals surface area contributed by atoms with Gasteiger partial charge < -0.3 is 5.32 Å². The zero-order chi connectivity index (χ0) is 9.84. The predicted molar refractivity (Wildman–Crippen MR) is 46.2 cm³/mol. The molecule has 0 spiro atoms. The Balaban J connectivity index is 2.91. The summed E-state index contributed by atoms with van der Waals surface area (Å²) in [5.41, 5.74) is 0.240. The van der Waals surface area contributed by atoms with Crippen LogP contribution in [0, 0.1) is 16.2 Å². The summed E-state index contributed by atoms with van der Waals surface area (Å²) in [6.07, 6.45) is 0. The molecule has 0 aliphatic rings. The molecule has 1 amide bonds. The molecule has 0 saturated carbocycles. The molecule has 5 heteroatoms. The first-order chi connectivity index (χ1) is 6.09. The molecule has 0 heterocycles. The molecule has 1 radical (unpaired) electrons. The van der Waals surface area contributed by atoms with Gasteiger partial charge in [-0.1, -0.05) is 0 Å². The molecule has 13 heavy (non-hydrogen) atoms. The average molecular weight is 179 g/mol. The van der Waals surface area contributed by atoms with Crippen LogP contribution in [0.25, 0.3) is 0 Å². The van der Waals surface area contributed by atoms with E-state index in [9.17, 15) is 14.9 Å². The number of rotatable bonds is 2. The van der Waals surface area contributed by atoms with Crippen molar-refractivity contribution in [2.24, 2.45) is 0 Å². The number of carbonyl (C=O) groups is 1. The van der Waals surface area contributed by atoms with Crippen LogP contribution in [-0.4, -0.2) is 10.8 Å². The van der Waals surface area contributed by atoms with E-state index < -0.39 is 4.92 Å². The molecule has 0 bridgehead atoms. The summed E-state index contributed by atoms with van der Waals surface area (Å²) in [5.74, 6) is -0.263. The van der Waals surface area contributed by atoms with E-state index in [1.54, 1.807) is 0 Å². The van der Waals surface area contributed by atoms with Crippen LogP contribution in [-0.2, 0) is 4.79 Å². The molecule has 0 aliphatic heterocycles. The van der Waals surface area contributed by atoms with Crippen LogP contribution in [0.4, 0.5) is 11.4 Å². The van der Waals surface area contributed by atoms with E-state index in [0.29, 0.717) is 5.69 Å². The molecule has 1 N–H and O–H groups in total. The maximum atomic E-state index is 10.6. The van der Waals surface area contributed by atoms with E-state index in [-0.39, 0.29) is 11.6 Å². The highest BCUT2D eigenvalue weighted by molar-refractivity contribution is 5.88. The number of anilines is 1. The topological polar surface area (TPSA) is 72.2 Å². The fraction of sp³-hybridized carbons (Fsp3) is 0.125. The highest BCUT2D eigenvalue weighted by Crippen LogP contribution is 2.15. The quantitative estimate of drug-likeness (QED) is 0.550. The van der Waals surface area contributed by atoms with Gasteiger partial charge in [0.2, 0.25) is 5.91 Å². The standard InChI is InChI=1S/C8H7N2O3/c1-6(11)9-7-3-2-4-8(5-7)10(12)13/h2-3,5H,1H3,(H,9,11). The van der Waals surface area contributed by atoms with Crippen molar-refractivity contribution in [3.63, 3.8) is 0 Å². The Labute approximate surface area is 74.5 Å². The van der Waals surface area contributed by atoms with Crippen molar-refractivity contribution in [2.75, 3.05) is 5.32 Å². The van der Waals surface area contributed by atoms with Crippen molar-refractivity contribution in [1.82, 2.24) is 0 Å². The number of carbonyl (C=O) groups excluding carboxylic acids is 1. The Hall–Kier alpha value is -1.91. The number of nitrogens with one attached hydrogen (secondary N) is 1. The first-order valence-electron chi connectivity index (χ1n) is 3.53. The lowest BCUT2D eigenvalue weighted by Crippen LogP contribution is -2.05. The number of nitro groups is 1. The van der Waals surface area contributed by atoms with Crippen LogP contribution >= 0.6 is 0 Å². The number of non-ortho nitro benzene ring substituents is 1. The highest BCUT2D eigenvalue weighted by Gasteiger charge is 2.06. The highest BCUT2D eigenvalue weighted by atomic mass is 16.6. The van der Waals surface area contributed by atoms with Gasteiger partial charge in [-0.05, 0) is 12.1 Å². The lowest BCUT2D eigenvalue weighted by atomic mass is 10.3. The van der Waals surface area contributed by atoms with Gasteiger partial charge in [0.25, 0.3) is 5.69 Å². The third-order valence-electron chi connectivity index (χ3n) is 1.30. The van der Waals surface area contributed by atoms with Gasteiger partial charge in [0.05, 0.1) is 11.0 Å². The molecule has 5 nitrogen and oxygen atoms in total. The van der Waals surface area contributed by atoms with Gasteiger partial charge in [0, 0.05) is 18.7 Å². The molecule has 0 atom stereocenters. The lowest BCUT2D eigenvalue weighted by Gasteiger charge is -1.99. The first kappa shape index (κ1) is 9.18. The molecule has 0 aromatic heterocycles. The maximum absolute atomic E-state index is 10.6. The Kier molecular flexibility index (Phi) is 2.59. The minimum atomic E-state index is -0.564. The van der Waals surface area contributed by atoms with Gasteiger partial charge in [-0.25, -0.2) is 0 Å². The number of nitrogens with zero attached hydrogens (tertiary/aromatic N) is 1. The van der Waals surface area contributed by atoms with Gasteiger partial charge in [0.1, 0.15) is 0 Å². The number of benzene rings is 1. The summed E-state index contributed by atoms with van der Waals surface area (Å²) >= 11 is 0. The van der Waals surface area contributed by atoms with Crippen molar-refractivity contribution >= 4 is 17.3 Å². The SMILES string of the molecule is CC(=O)Nc1cc[c]c([N+](=O)[O-])c1. The normalized spacial score (nSPS) is 9.31. The molecule has 1 rings (SSSR count). The molecule has 0 fully saturated rings. The molecule has 67 valence electrons. The number of hydrogen-bond acceptors (Lipinski definition) is 3. The third kappa shape index (κ3) is 2.55. The van der Waals surface area contributed by atoms with E-state index in [1.807, 2.05) is 0 Å². The molecule has 0 aliphatic carbocycles. The zero-order valence-electron chi connectivity index (χ0n) is 6.90. The zero-order valence-corrected chi connectivity index (χ0v) is 6.90. The van der Waals surface area contributed by atoms with Crippen molar-refractivity contribution in [3.05, 3.63) is 34.4 Å². The lowest BCUT2D eigenvalue weighted by molar-refractivity contribution is -0.385. The van der Waals surface area contributed by atoms with Gasteiger partial charge in [-0.2, -0.15) is 0 Å². The van der Waals surface area contributed by atoms with E-state index >= 15 is 0 Å². The van der Waals surface area contributed by atoms with Gasteiger partial charge in [0.15, 0.2) is 0 Å². The van der Waals surface area contributed by atoms with Crippen LogP contribution in [0.15, 0.2) is 18.2 Å². The Morgan fingerprint density at radius 2 is 2.38 bits per heavy atom.